The highest BCUT2D eigenvalue weighted by molar-refractivity contribution is 4.81. The van der Waals surface area contributed by atoms with E-state index in [1.807, 2.05) is 0 Å². The van der Waals surface area contributed by atoms with Gasteiger partial charge < -0.3 is 4.90 Å². The molecule has 1 aliphatic carbocycles. The second-order valence-electron chi connectivity index (χ2n) is 5.96. The molecule has 2 fully saturated rings. The summed E-state index contributed by atoms with van der Waals surface area (Å²) in [5, 5.41) is 0. The van der Waals surface area contributed by atoms with E-state index >= 15 is 0 Å². The quantitative estimate of drug-likeness (QED) is 0.700. The predicted molar refractivity (Wildman–Crippen MR) is 70.6 cm³/mol. The van der Waals surface area contributed by atoms with Gasteiger partial charge in [0.05, 0.1) is 0 Å². The third kappa shape index (κ3) is 3.00. The first-order valence-corrected chi connectivity index (χ1v) is 7.55. The zero-order valence-corrected chi connectivity index (χ0v) is 11.3. The molecule has 0 amide bonds. The molecule has 0 N–H and O–H groups in total. The second-order valence-corrected chi connectivity index (χ2v) is 5.96. The van der Waals surface area contributed by atoms with E-state index < -0.39 is 0 Å². The van der Waals surface area contributed by atoms with Crippen LogP contribution in [0, 0.1) is 17.8 Å². The maximum Gasteiger partial charge on any atom is -0.00161 e. The van der Waals surface area contributed by atoms with Gasteiger partial charge in [0, 0.05) is 0 Å². The second kappa shape index (κ2) is 6.05. The molecule has 0 aromatic heterocycles. The van der Waals surface area contributed by atoms with Crippen LogP contribution in [0.3, 0.4) is 0 Å². The molecule has 1 heteroatoms. The van der Waals surface area contributed by atoms with Crippen LogP contribution < -0.4 is 0 Å². The summed E-state index contributed by atoms with van der Waals surface area (Å²) in [5.74, 6) is 3.22. The Morgan fingerprint density at radius 1 is 0.812 bits per heavy atom. The van der Waals surface area contributed by atoms with Gasteiger partial charge in [-0.1, -0.05) is 33.1 Å². The van der Waals surface area contributed by atoms with Gasteiger partial charge >= 0.3 is 0 Å². The lowest BCUT2D eigenvalue weighted by atomic mass is 9.72. The molecule has 1 saturated carbocycles. The van der Waals surface area contributed by atoms with Gasteiger partial charge in [-0.15, -0.1) is 0 Å². The summed E-state index contributed by atoms with van der Waals surface area (Å²) in [4.78, 5) is 2.62. The Labute approximate surface area is 102 Å². The standard InChI is InChI=1S/C15H29N/c1-3-13-5-7-14(8-6-13)15-9-11-16(4-2)12-10-15/h13-15H,3-12H2,1-2H3. The summed E-state index contributed by atoms with van der Waals surface area (Å²) in [5.41, 5.74) is 0. The molecule has 0 aromatic rings. The van der Waals surface area contributed by atoms with Gasteiger partial charge in [-0.05, 0) is 63.1 Å². The van der Waals surface area contributed by atoms with Crippen LogP contribution in [0.2, 0.25) is 0 Å². The van der Waals surface area contributed by atoms with Gasteiger partial charge in [-0.2, -0.15) is 0 Å². The monoisotopic (exact) mass is 223 g/mol. The van der Waals surface area contributed by atoms with E-state index in [0.29, 0.717) is 0 Å². The molecule has 2 aliphatic rings. The molecule has 94 valence electrons. The topological polar surface area (TPSA) is 3.24 Å². The highest BCUT2D eigenvalue weighted by Crippen LogP contribution is 2.38. The van der Waals surface area contributed by atoms with Crippen molar-refractivity contribution in [2.75, 3.05) is 19.6 Å². The van der Waals surface area contributed by atoms with Gasteiger partial charge in [0.15, 0.2) is 0 Å². The number of nitrogens with zero attached hydrogens (tertiary/aromatic N) is 1. The van der Waals surface area contributed by atoms with Crippen molar-refractivity contribution in [2.45, 2.75) is 58.8 Å². The Morgan fingerprint density at radius 3 is 1.88 bits per heavy atom. The van der Waals surface area contributed by atoms with Crippen molar-refractivity contribution in [1.29, 1.82) is 0 Å². The fraction of sp³-hybridized carbons (Fsp3) is 1.00. The third-order valence-electron chi connectivity index (χ3n) is 5.21. The molecule has 2 rings (SSSR count). The molecule has 0 unspecified atom stereocenters. The lowest BCUT2D eigenvalue weighted by Crippen LogP contribution is -2.36. The van der Waals surface area contributed by atoms with Crippen LogP contribution in [-0.2, 0) is 0 Å². The van der Waals surface area contributed by atoms with Crippen LogP contribution in [-0.4, -0.2) is 24.5 Å². The third-order valence-corrected chi connectivity index (χ3v) is 5.21. The summed E-state index contributed by atoms with van der Waals surface area (Å²) < 4.78 is 0. The summed E-state index contributed by atoms with van der Waals surface area (Å²) in [7, 11) is 0. The number of hydrogen-bond donors (Lipinski definition) is 0. The van der Waals surface area contributed by atoms with Gasteiger partial charge in [-0.25, -0.2) is 0 Å². The van der Waals surface area contributed by atoms with Crippen LogP contribution in [0.15, 0.2) is 0 Å². The van der Waals surface area contributed by atoms with Gasteiger partial charge in [0.2, 0.25) is 0 Å². The number of hydrogen-bond acceptors (Lipinski definition) is 1. The normalized spacial score (nSPS) is 34.1. The van der Waals surface area contributed by atoms with Crippen molar-refractivity contribution < 1.29 is 0 Å². The molecular formula is C15H29N. The molecule has 1 heterocycles. The Hall–Kier alpha value is -0.0400. The van der Waals surface area contributed by atoms with Crippen molar-refractivity contribution in [1.82, 2.24) is 4.90 Å². The highest BCUT2D eigenvalue weighted by Gasteiger charge is 2.29. The minimum absolute atomic E-state index is 1.06. The molecule has 0 aromatic carbocycles. The molecule has 0 bridgehead atoms. The first kappa shape index (κ1) is 12.4. The molecule has 16 heavy (non-hydrogen) atoms. The summed E-state index contributed by atoms with van der Waals surface area (Å²) in [6, 6.07) is 0. The minimum Gasteiger partial charge on any atom is -0.304 e. The Morgan fingerprint density at radius 2 is 1.38 bits per heavy atom. The van der Waals surface area contributed by atoms with Gasteiger partial charge in [-0.3, -0.25) is 0 Å². The fourth-order valence-corrected chi connectivity index (χ4v) is 3.81. The molecule has 0 radical (unpaired) electrons. The fourth-order valence-electron chi connectivity index (χ4n) is 3.81. The van der Waals surface area contributed by atoms with Crippen LogP contribution >= 0.6 is 0 Å². The maximum atomic E-state index is 2.62. The highest BCUT2D eigenvalue weighted by atomic mass is 15.1. The smallest absolute Gasteiger partial charge is 0.00161 e. The minimum atomic E-state index is 1.06. The Bertz CT molecular complexity index is 164. The van der Waals surface area contributed by atoms with Crippen molar-refractivity contribution in [3.63, 3.8) is 0 Å². The van der Waals surface area contributed by atoms with Crippen molar-refractivity contribution >= 4 is 0 Å². The van der Waals surface area contributed by atoms with Crippen LogP contribution in [0.4, 0.5) is 0 Å². The molecular weight excluding hydrogens is 194 g/mol. The average molecular weight is 223 g/mol. The lowest BCUT2D eigenvalue weighted by molar-refractivity contribution is 0.118. The van der Waals surface area contributed by atoms with E-state index in [9.17, 15) is 0 Å². The van der Waals surface area contributed by atoms with Gasteiger partial charge in [0.25, 0.3) is 0 Å². The first-order chi connectivity index (χ1) is 7.83. The number of piperidine rings is 1. The van der Waals surface area contributed by atoms with E-state index in [2.05, 4.69) is 18.7 Å². The van der Waals surface area contributed by atoms with E-state index in [4.69, 9.17) is 0 Å². The summed E-state index contributed by atoms with van der Waals surface area (Å²) >= 11 is 0. The Kier molecular flexibility index (Phi) is 4.69. The van der Waals surface area contributed by atoms with E-state index in [1.54, 1.807) is 0 Å². The maximum absolute atomic E-state index is 2.62. The van der Waals surface area contributed by atoms with Crippen LogP contribution in [0.5, 0.6) is 0 Å². The van der Waals surface area contributed by atoms with Crippen molar-refractivity contribution in [3.05, 3.63) is 0 Å². The molecule has 0 atom stereocenters. The van der Waals surface area contributed by atoms with E-state index in [-0.39, 0.29) is 0 Å². The SMILES string of the molecule is CCC1CCC(C2CCN(CC)CC2)CC1. The van der Waals surface area contributed by atoms with Crippen molar-refractivity contribution in [2.24, 2.45) is 17.8 Å². The average Bonchev–Trinajstić information content (AvgIpc) is 2.39. The molecule has 1 saturated heterocycles. The lowest BCUT2D eigenvalue weighted by Gasteiger charge is -2.38. The number of likely N-dealkylation sites (tertiary alicyclic amines) is 1. The van der Waals surface area contributed by atoms with Gasteiger partial charge in [0.1, 0.15) is 0 Å². The zero-order valence-electron chi connectivity index (χ0n) is 11.3. The molecule has 1 aliphatic heterocycles. The van der Waals surface area contributed by atoms with Crippen LogP contribution in [0.1, 0.15) is 58.8 Å². The van der Waals surface area contributed by atoms with E-state index in [0.717, 1.165) is 17.8 Å². The first-order valence-electron chi connectivity index (χ1n) is 7.55. The zero-order chi connectivity index (χ0) is 11.4. The predicted octanol–water partition coefficient (Wildman–Crippen LogP) is 3.93. The van der Waals surface area contributed by atoms with Crippen molar-refractivity contribution in [3.8, 4) is 0 Å². The molecule has 0 spiro atoms. The Balaban J connectivity index is 1.73. The van der Waals surface area contributed by atoms with E-state index in [1.165, 1.54) is 64.6 Å². The molecule has 1 nitrogen and oxygen atoms in total. The largest absolute Gasteiger partial charge is 0.304 e. The van der Waals surface area contributed by atoms with Crippen LogP contribution in [0.25, 0.3) is 0 Å². The summed E-state index contributed by atoms with van der Waals surface area (Å²) in [6.07, 6.45) is 10.5. The summed E-state index contributed by atoms with van der Waals surface area (Å²) in [6.45, 7) is 8.66. The number of rotatable bonds is 3.